The highest BCUT2D eigenvalue weighted by Gasteiger charge is 2.13. The van der Waals surface area contributed by atoms with E-state index in [0.717, 1.165) is 36.2 Å². The minimum absolute atomic E-state index is 0.197. The number of para-hydroxylation sites is 1. The number of carbonyl (C=O) groups is 2. The van der Waals surface area contributed by atoms with E-state index in [4.69, 9.17) is 5.73 Å². The summed E-state index contributed by atoms with van der Waals surface area (Å²) < 4.78 is 0. The Kier molecular flexibility index (Phi) is 8.58. The highest BCUT2D eigenvalue weighted by atomic mass is 16.2. The van der Waals surface area contributed by atoms with Crippen molar-refractivity contribution in [2.45, 2.75) is 25.8 Å². The van der Waals surface area contributed by atoms with Crippen molar-refractivity contribution in [3.63, 3.8) is 0 Å². The molecule has 1 aromatic carbocycles. The SMILES string of the molecule is CNC(=O)c1ccc(CCCCNC(=O)NCc2ccc(N)nc2)nc1Nc1ccccc1. The number of pyridine rings is 2. The molecule has 0 atom stereocenters. The number of nitrogens with one attached hydrogen (secondary N) is 4. The lowest BCUT2D eigenvalue weighted by atomic mass is 10.1. The molecule has 3 amide bonds. The van der Waals surface area contributed by atoms with Gasteiger partial charge in [0.15, 0.2) is 0 Å². The number of benzene rings is 1. The number of nitrogens with two attached hydrogens (primary N) is 1. The Morgan fingerprint density at radius 1 is 0.970 bits per heavy atom. The average molecular weight is 448 g/mol. The third-order valence-electron chi connectivity index (χ3n) is 4.91. The first-order valence-electron chi connectivity index (χ1n) is 10.8. The Balaban J connectivity index is 1.45. The van der Waals surface area contributed by atoms with E-state index in [2.05, 4.69) is 31.2 Å². The van der Waals surface area contributed by atoms with Gasteiger partial charge in [-0.3, -0.25) is 4.79 Å². The average Bonchev–Trinajstić information content (AvgIpc) is 2.84. The summed E-state index contributed by atoms with van der Waals surface area (Å²) in [6.07, 6.45) is 4.02. The Bertz CT molecular complexity index is 1060. The summed E-state index contributed by atoms with van der Waals surface area (Å²) in [5, 5.41) is 11.5. The van der Waals surface area contributed by atoms with E-state index in [1.165, 1.54) is 0 Å². The van der Waals surface area contributed by atoms with Gasteiger partial charge in [-0.1, -0.05) is 24.3 Å². The normalized spacial score (nSPS) is 10.3. The molecule has 6 N–H and O–H groups in total. The van der Waals surface area contributed by atoms with Crippen LogP contribution in [0.15, 0.2) is 60.8 Å². The van der Waals surface area contributed by atoms with Crippen molar-refractivity contribution in [3.05, 3.63) is 77.6 Å². The molecule has 9 nitrogen and oxygen atoms in total. The van der Waals surface area contributed by atoms with Crippen LogP contribution in [0.2, 0.25) is 0 Å². The van der Waals surface area contributed by atoms with Gasteiger partial charge in [0.1, 0.15) is 11.6 Å². The molecule has 0 saturated heterocycles. The van der Waals surface area contributed by atoms with Gasteiger partial charge in [-0.05, 0) is 55.2 Å². The summed E-state index contributed by atoms with van der Waals surface area (Å²) >= 11 is 0. The lowest BCUT2D eigenvalue weighted by molar-refractivity contribution is 0.0963. The van der Waals surface area contributed by atoms with Crippen LogP contribution < -0.4 is 27.0 Å². The molecule has 33 heavy (non-hydrogen) atoms. The Morgan fingerprint density at radius 3 is 2.52 bits per heavy atom. The number of aromatic nitrogens is 2. The molecular weight excluding hydrogens is 418 g/mol. The molecule has 9 heteroatoms. The summed E-state index contributed by atoms with van der Waals surface area (Å²) in [5.41, 5.74) is 8.65. The van der Waals surface area contributed by atoms with Crippen LogP contribution in [0, 0.1) is 0 Å². The van der Waals surface area contributed by atoms with Crippen LogP contribution in [0.25, 0.3) is 0 Å². The summed E-state index contributed by atoms with van der Waals surface area (Å²) in [6.45, 7) is 0.940. The van der Waals surface area contributed by atoms with Crippen LogP contribution in [0.5, 0.6) is 0 Å². The van der Waals surface area contributed by atoms with Gasteiger partial charge in [0, 0.05) is 37.7 Å². The topological polar surface area (TPSA) is 134 Å². The number of hydrogen-bond acceptors (Lipinski definition) is 6. The number of nitrogens with zero attached hydrogens (tertiary/aromatic N) is 2. The lowest BCUT2D eigenvalue weighted by Crippen LogP contribution is -2.35. The fourth-order valence-corrected chi connectivity index (χ4v) is 3.13. The predicted molar refractivity (Wildman–Crippen MR) is 129 cm³/mol. The number of aryl methyl sites for hydroxylation is 1. The summed E-state index contributed by atoms with van der Waals surface area (Å²) in [7, 11) is 1.60. The van der Waals surface area contributed by atoms with Gasteiger partial charge in [0.05, 0.1) is 5.56 Å². The van der Waals surface area contributed by atoms with Gasteiger partial charge < -0.3 is 27.0 Å². The molecular formula is C24H29N7O2. The van der Waals surface area contributed by atoms with E-state index in [-0.39, 0.29) is 11.9 Å². The summed E-state index contributed by atoms with van der Waals surface area (Å²) in [6, 6.07) is 16.5. The van der Waals surface area contributed by atoms with E-state index < -0.39 is 0 Å². The second-order valence-corrected chi connectivity index (χ2v) is 7.43. The van der Waals surface area contributed by atoms with E-state index >= 15 is 0 Å². The Morgan fingerprint density at radius 2 is 1.79 bits per heavy atom. The second-order valence-electron chi connectivity index (χ2n) is 7.43. The van der Waals surface area contributed by atoms with E-state index in [1.807, 2.05) is 42.5 Å². The Labute approximate surface area is 193 Å². The number of urea groups is 1. The van der Waals surface area contributed by atoms with Crippen LogP contribution in [0.1, 0.15) is 34.5 Å². The molecule has 0 radical (unpaired) electrons. The third kappa shape index (κ3) is 7.49. The lowest BCUT2D eigenvalue weighted by Gasteiger charge is -2.12. The first-order chi connectivity index (χ1) is 16.0. The fraction of sp³-hybridized carbons (Fsp3) is 0.250. The molecule has 172 valence electrons. The number of anilines is 3. The van der Waals surface area contributed by atoms with Gasteiger partial charge in [-0.15, -0.1) is 0 Å². The molecule has 0 fully saturated rings. The van der Waals surface area contributed by atoms with Gasteiger partial charge >= 0.3 is 6.03 Å². The highest BCUT2D eigenvalue weighted by Crippen LogP contribution is 2.20. The molecule has 0 saturated carbocycles. The van der Waals surface area contributed by atoms with Crippen molar-refractivity contribution in [1.82, 2.24) is 25.9 Å². The van der Waals surface area contributed by atoms with Gasteiger partial charge in [0.2, 0.25) is 0 Å². The first kappa shape index (κ1) is 23.5. The fourth-order valence-electron chi connectivity index (χ4n) is 3.13. The van der Waals surface area contributed by atoms with Gasteiger partial charge in [-0.2, -0.15) is 0 Å². The van der Waals surface area contributed by atoms with E-state index in [0.29, 0.717) is 30.3 Å². The maximum absolute atomic E-state index is 12.2. The van der Waals surface area contributed by atoms with Crippen molar-refractivity contribution in [3.8, 4) is 0 Å². The predicted octanol–water partition coefficient (Wildman–Crippen LogP) is 2.98. The minimum Gasteiger partial charge on any atom is -0.384 e. The van der Waals surface area contributed by atoms with Crippen LogP contribution in [-0.4, -0.2) is 35.5 Å². The van der Waals surface area contributed by atoms with Crippen LogP contribution in [0.4, 0.5) is 22.1 Å². The molecule has 2 aromatic heterocycles. The van der Waals surface area contributed by atoms with Crippen molar-refractivity contribution in [2.24, 2.45) is 0 Å². The number of nitrogen functional groups attached to an aromatic ring is 1. The molecule has 0 aliphatic heterocycles. The molecule has 0 spiro atoms. The van der Waals surface area contributed by atoms with Crippen LogP contribution in [-0.2, 0) is 13.0 Å². The molecule has 0 unspecified atom stereocenters. The molecule has 0 aliphatic rings. The zero-order valence-corrected chi connectivity index (χ0v) is 18.6. The molecule has 3 rings (SSSR count). The number of hydrogen-bond donors (Lipinski definition) is 5. The van der Waals surface area contributed by atoms with Crippen molar-refractivity contribution in [1.29, 1.82) is 0 Å². The van der Waals surface area contributed by atoms with Crippen molar-refractivity contribution >= 4 is 29.3 Å². The van der Waals surface area contributed by atoms with E-state index in [9.17, 15) is 9.59 Å². The largest absolute Gasteiger partial charge is 0.384 e. The standard InChI is InChI=1S/C24H29N7O2/c1-26-23(32)20-12-11-19(31-22(20)30-18-7-3-2-4-8-18)9-5-6-14-27-24(33)29-16-17-10-13-21(25)28-15-17/h2-4,7-8,10-13,15H,5-6,9,14,16H2,1H3,(H2,25,28)(H,26,32)(H,30,31)(H2,27,29,33). The second kappa shape index (κ2) is 12.0. The quantitative estimate of drug-likeness (QED) is 0.303. The third-order valence-corrected chi connectivity index (χ3v) is 4.91. The zero-order valence-electron chi connectivity index (χ0n) is 18.6. The van der Waals surface area contributed by atoms with Gasteiger partial charge in [-0.25, -0.2) is 14.8 Å². The maximum Gasteiger partial charge on any atom is 0.315 e. The Hall–Kier alpha value is -4.14. The minimum atomic E-state index is -0.228. The number of carbonyl (C=O) groups excluding carboxylic acids is 2. The monoisotopic (exact) mass is 447 g/mol. The van der Waals surface area contributed by atoms with Crippen molar-refractivity contribution in [2.75, 3.05) is 24.6 Å². The van der Waals surface area contributed by atoms with Crippen molar-refractivity contribution < 1.29 is 9.59 Å². The molecule has 0 aliphatic carbocycles. The summed E-state index contributed by atoms with van der Waals surface area (Å²) in [4.78, 5) is 32.8. The van der Waals surface area contributed by atoms with Crippen LogP contribution in [0.3, 0.4) is 0 Å². The molecule has 0 bridgehead atoms. The smallest absolute Gasteiger partial charge is 0.315 e. The molecule has 3 aromatic rings. The summed E-state index contributed by atoms with van der Waals surface area (Å²) in [5.74, 6) is 0.772. The number of amides is 3. The van der Waals surface area contributed by atoms with E-state index in [1.54, 1.807) is 25.4 Å². The maximum atomic E-state index is 12.2. The highest BCUT2D eigenvalue weighted by molar-refractivity contribution is 5.99. The molecule has 2 heterocycles. The van der Waals surface area contributed by atoms with Crippen LogP contribution >= 0.6 is 0 Å². The first-order valence-corrected chi connectivity index (χ1v) is 10.8. The number of unbranched alkanes of at least 4 members (excludes halogenated alkanes) is 1. The van der Waals surface area contributed by atoms with Gasteiger partial charge in [0.25, 0.3) is 5.91 Å². The zero-order chi connectivity index (χ0) is 23.5. The number of rotatable bonds is 10.